The highest BCUT2D eigenvalue weighted by Crippen LogP contribution is 2.08. The van der Waals surface area contributed by atoms with Crippen LogP contribution in [0.2, 0.25) is 0 Å². The molecule has 1 rings (SSSR count). The van der Waals surface area contributed by atoms with Gasteiger partial charge in [-0.05, 0) is 30.7 Å². The zero-order valence-corrected chi connectivity index (χ0v) is 8.21. The molecular weight excluding hydrogens is 178 g/mol. The third kappa shape index (κ3) is 2.74. The Bertz CT molecular complexity index is 295. The number of amides is 1. The van der Waals surface area contributed by atoms with Gasteiger partial charge in [0.1, 0.15) is 0 Å². The highest BCUT2D eigenvalue weighted by Gasteiger charge is 2.01. The zero-order valence-electron chi connectivity index (χ0n) is 8.21. The van der Waals surface area contributed by atoms with Crippen molar-refractivity contribution in [2.75, 3.05) is 11.9 Å². The van der Waals surface area contributed by atoms with Crippen LogP contribution in [0, 0.1) is 0 Å². The van der Waals surface area contributed by atoms with Crippen LogP contribution in [0.1, 0.15) is 23.7 Å². The number of rotatable bonds is 4. The van der Waals surface area contributed by atoms with Crippen molar-refractivity contribution in [3.8, 4) is 0 Å². The molecule has 4 N–H and O–H groups in total. The Labute approximate surface area is 83.5 Å². The van der Waals surface area contributed by atoms with Gasteiger partial charge in [0.2, 0.25) is 0 Å². The van der Waals surface area contributed by atoms with E-state index in [1.807, 2.05) is 12.1 Å². The SMILES string of the molecule is CCCNc1ccc(C(=O)NN)cc1. The van der Waals surface area contributed by atoms with Gasteiger partial charge in [0, 0.05) is 17.8 Å². The van der Waals surface area contributed by atoms with E-state index in [-0.39, 0.29) is 5.91 Å². The predicted molar refractivity (Wildman–Crippen MR) is 56.9 cm³/mol. The van der Waals surface area contributed by atoms with E-state index in [0.29, 0.717) is 5.56 Å². The molecule has 0 aliphatic carbocycles. The molecule has 0 spiro atoms. The monoisotopic (exact) mass is 193 g/mol. The van der Waals surface area contributed by atoms with E-state index in [4.69, 9.17) is 5.84 Å². The quantitative estimate of drug-likeness (QED) is 0.381. The maximum atomic E-state index is 11.1. The lowest BCUT2D eigenvalue weighted by Crippen LogP contribution is -2.29. The van der Waals surface area contributed by atoms with Crippen LogP contribution in [-0.4, -0.2) is 12.5 Å². The Morgan fingerprint density at radius 1 is 1.36 bits per heavy atom. The smallest absolute Gasteiger partial charge is 0.265 e. The number of nitrogens with one attached hydrogen (secondary N) is 2. The van der Waals surface area contributed by atoms with Crippen LogP contribution in [0.15, 0.2) is 24.3 Å². The molecule has 0 unspecified atom stereocenters. The molecule has 0 bridgehead atoms. The molecule has 0 heterocycles. The number of hydrazine groups is 1. The first kappa shape index (κ1) is 10.5. The van der Waals surface area contributed by atoms with Crippen LogP contribution in [0.3, 0.4) is 0 Å². The second-order valence-electron chi connectivity index (χ2n) is 2.98. The lowest BCUT2D eigenvalue weighted by Gasteiger charge is -2.05. The molecule has 0 saturated heterocycles. The average Bonchev–Trinajstić information content (AvgIpc) is 2.26. The van der Waals surface area contributed by atoms with Gasteiger partial charge in [0.15, 0.2) is 0 Å². The Balaban J connectivity index is 2.63. The molecule has 1 aromatic carbocycles. The minimum absolute atomic E-state index is 0.271. The van der Waals surface area contributed by atoms with Crippen LogP contribution in [0.5, 0.6) is 0 Å². The summed E-state index contributed by atoms with van der Waals surface area (Å²) in [5.74, 6) is 4.74. The van der Waals surface area contributed by atoms with Gasteiger partial charge >= 0.3 is 0 Å². The van der Waals surface area contributed by atoms with Gasteiger partial charge in [0.25, 0.3) is 5.91 Å². The summed E-state index contributed by atoms with van der Waals surface area (Å²) in [5, 5.41) is 3.22. The minimum Gasteiger partial charge on any atom is -0.385 e. The summed E-state index contributed by atoms with van der Waals surface area (Å²) in [7, 11) is 0. The van der Waals surface area contributed by atoms with Crippen molar-refractivity contribution in [2.24, 2.45) is 5.84 Å². The van der Waals surface area contributed by atoms with Crippen LogP contribution in [0.25, 0.3) is 0 Å². The first-order valence-electron chi connectivity index (χ1n) is 4.62. The van der Waals surface area contributed by atoms with Crippen LogP contribution in [0.4, 0.5) is 5.69 Å². The van der Waals surface area contributed by atoms with Crippen molar-refractivity contribution < 1.29 is 4.79 Å². The van der Waals surface area contributed by atoms with Crippen LogP contribution < -0.4 is 16.6 Å². The fraction of sp³-hybridized carbons (Fsp3) is 0.300. The van der Waals surface area contributed by atoms with Gasteiger partial charge in [-0.3, -0.25) is 10.2 Å². The highest BCUT2D eigenvalue weighted by molar-refractivity contribution is 5.94. The first-order valence-corrected chi connectivity index (χ1v) is 4.62. The lowest BCUT2D eigenvalue weighted by molar-refractivity contribution is 0.0953. The molecule has 14 heavy (non-hydrogen) atoms. The van der Waals surface area contributed by atoms with E-state index in [1.54, 1.807) is 12.1 Å². The molecular formula is C10H15N3O. The van der Waals surface area contributed by atoms with Crippen molar-refractivity contribution in [1.29, 1.82) is 0 Å². The third-order valence-electron chi connectivity index (χ3n) is 1.86. The number of anilines is 1. The number of nitrogen functional groups attached to an aromatic ring is 1. The van der Waals surface area contributed by atoms with E-state index >= 15 is 0 Å². The average molecular weight is 193 g/mol. The number of benzene rings is 1. The fourth-order valence-electron chi connectivity index (χ4n) is 1.09. The molecule has 0 atom stereocenters. The minimum atomic E-state index is -0.271. The van der Waals surface area contributed by atoms with E-state index < -0.39 is 0 Å². The molecule has 0 saturated carbocycles. The lowest BCUT2D eigenvalue weighted by atomic mass is 10.2. The molecule has 0 radical (unpaired) electrons. The molecule has 4 heteroatoms. The van der Waals surface area contributed by atoms with Crippen molar-refractivity contribution in [2.45, 2.75) is 13.3 Å². The molecule has 0 aliphatic rings. The Morgan fingerprint density at radius 3 is 2.50 bits per heavy atom. The van der Waals surface area contributed by atoms with Crippen molar-refractivity contribution in [3.63, 3.8) is 0 Å². The molecule has 4 nitrogen and oxygen atoms in total. The normalized spacial score (nSPS) is 9.57. The number of carbonyl (C=O) groups excluding carboxylic acids is 1. The van der Waals surface area contributed by atoms with Crippen molar-refractivity contribution in [3.05, 3.63) is 29.8 Å². The van der Waals surface area contributed by atoms with Crippen LogP contribution in [-0.2, 0) is 0 Å². The van der Waals surface area contributed by atoms with E-state index in [2.05, 4.69) is 17.7 Å². The summed E-state index contributed by atoms with van der Waals surface area (Å²) in [6.07, 6.45) is 1.07. The summed E-state index contributed by atoms with van der Waals surface area (Å²) in [4.78, 5) is 11.1. The first-order chi connectivity index (χ1) is 6.77. The Hall–Kier alpha value is -1.55. The predicted octanol–water partition coefficient (Wildman–Crippen LogP) is 1.11. The van der Waals surface area contributed by atoms with Gasteiger partial charge in [0.05, 0.1) is 0 Å². The summed E-state index contributed by atoms with van der Waals surface area (Å²) in [6, 6.07) is 7.20. The Morgan fingerprint density at radius 2 is 2.00 bits per heavy atom. The molecule has 76 valence electrons. The maximum Gasteiger partial charge on any atom is 0.265 e. The number of nitrogens with two attached hydrogens (primary N) is 1. The topological polar surface area (TPSA) is 67.2 Å². The fourth-order valence-corrected chi connectivity index (χ4v) is 1.09. The summed E-state index contributed by atoms with van der Waals surface area (Å²) in [6.45, 7) is 3.03. The van der Waals surface area contributed by atoms with E-state index in [0.717, 1.165) is 18.7 Å². The number of hydrogen-bond acceptors (Lipinski definition) is 3. The van der Waals surface area contributed by atoms with Crippen molar-refractivity contribution >= 4 is 11.6 Å². The molecule has 0 aromatic heterocycles. The second kappa shape index (κ2) is 5.24. The maximum absolute atomic E-state index is 11.1. The summed E-state index contributed by atoms with van der Waals surface area (Å²) in [5.41, 5.74) is 3.66. The van der Waals surface area contributed by atoms with Crippen molar-refractivity contribution in [1.82, 2.24) is 5.43 Å². The van der Waals surface area contributed by atoms with Gasteiger partial charge in [-0.1, -0.05) is 6.92 Å². The molecule has 0 aliphatic heterocycles. The molecule has 0 fully saturated rings. The van der Waals surface area contributed by atoms with Gasteiger partial charge in [-0.25, -0.2) is 5.84 Å². The van der Waals surface area contributed by atoms with Gasteiger partial charge < -0.3 is 5.32 Å². The summed E-state index contributed by atoms with van der Waals surface area (Å²) >= 11 is 0. The number of hydrogen-bond donors (Lipinski definition) is 3. The summed E-state index contributed by atoms with van der Waals surface area (Å²) < 4.78 is 0. The van der Waals surface area contributed by atoms with E-state index in [1.165, 1.54) is 0 Å². The Kier molecular flexibility index (Phi) is 3.94. The number of carbonyl (C=O) groups is 1. The van der Waals surface area contributed by atoms with E-state index in [9.17, 15) is 4.79 Å². The van der Waals surface area contributed by atoms with Crippen LogP contribution >= 0.6 is 0 Å². The second-order valence-corrected chi connectivity index (χ2v) is 2.98. The molecule has 1 amide bonds. The molecule has 1 aromatic rings. The van der Waals surface area contributed by atoms with Gasteiger partial charge in [-0.2, -0.15) is 0 Å². The zero-order chi connectivity index (χ0) is 10.4. The highest BCUT2D eigenvalue weighted by atomic mass is 16.2. The standard InChI is InChI=1S/C10H15N3O/c1-2-7-12-9-5-3-8(4-6-9)10(14)13-11/h3-6,12H,2,7,11H2,1H3,(H,13,14). The largest absolute Gasteiger partial charge is 0.385 e. The van der Waals surface area contributed by atoms with Gasteiger partial charge in [-0.15, -0.1) is 0 Å². The third-order valence-corrected chi connectivity index (χ3v) is 1.86.